The van der Waals surface area contributed by atoms with Gasteiger partial charge in [0.05, 0.1) is 32.4 Å². The van der Waals surface area contributed by atoms with Crippen molar-refractivity contribution in [2.75, 3.05) is 11.9 Å². The summed E-state index contributed by atoms with van der Waals surface area (Å²) in [5.41, 5.74) is -1.19. The number of carbonyl (C=O) groups excluding carboxylic acids is 2. The van der Waals surface area contributed by atoms with Gasteiger partial charge < -0.3 is 10.1 Å². The molecular formula is C15H10Cl2N4O7. The largest absolute Gasteiger partial charge is 0.455 e. The van der Waals surface area contributed by atoms with Crippen molar-refractivity contribution in [1.29, 1.82) is 0 Å². The van der Waals surface area contributed by atoms with Gasteiger partial charge >= 0.3 is 5.97 Å². The van der Waals surface area contributed by atoms with Gasteiger partial charge in [0, 0.05) is 17.8 Å². The molecule has 0 aliphatic heterocycles. The van der Waals surface area contributed by atoms with Crippen molar-refractivity contribution in [3.05, 3.63) is 66.3 Å². The molecule has 0 saturated carbocycles. The van der Waals surface area contributed by atoms with Crippen LogP contribution < -0.4 is 5.32 Å². The lowest BCUT2D eigenvalue weighted by Crippen LogP contribution is -2.22. The molecule has 0 unspecified atom stereocenters. The molecule has 2 rings (SSSR count). The molecule has 0 radical (unpaired) electrons. The first-order chi connectivity index (χ1) is 13.2. The van der Waals surface area contributed by atoms with Crippen molar-refractivity contribution in [2.45, 2.75) is 6.42 Å². The Bertz CT molecular complexity index is 967. The van der Waals surface area contributed by atoms with Gasteiger partial charge in [-0.3, -0.25) is 29.8 Å². The van der Waals surface area contributed by atoms with Crippen LogP contribution in [0.5, 0.6) is 0 Å². The van der Waals surface area contributed by atoms with Crippen LogP contribution >= 0.6 is 23.2 Å². The lowest BCUT2D eigenvalue weighted by atomic mass is 10.1. The Labute approximate surface area is 166 Å². The Morgan fingerprint density at radius 2 is 1.86 bits per heavy atom. The first-order valence-electron chi connectivity index (χ1n) is 7.35. The van der Waals surface area contributed by atoms with Crippen molar-refractivity contribution in [3.63, 3.8) is 0 Å². The fourth-order valence-corrected chi connectivity index (χ4v) is 2.44. The first kappa shape index (κ1) is 21.0. The second-order valence-corrected chi connectivity index (χ2v) is 6.04. The third-order valence-electron chi connectivity index (χ3n) is 3.24. The van der Waals surface area contributed by atoms with Crippen LogP contribution in [0.1, 0.15) is 5.56 Å². The second kappa shape index (κ2) is 9.06. The molecular weight excluding hydrogens is 419 g/mol. The number of carbonyl (C=O) groups is 2. The van der Waals surface area contributed by atoms with Crippen molar-refractivity contribution in [2.24, 2.45) is 0 Å². The van der Waals surface area contributed by atoms with Gasteiger partial charge in [-0.1, -0.05) is 23.2 Å². The molecule has 0 atom stereocenters. The predicted molar refractivity (Wildman–Crippen MR) is 97.3 cm³/mol. The molecule has 0 bridgehead atoms. The number of aromatic nitrogens is 1. The maximum absolute atomic E-state index is 11.9. The van der Waals surface area contributed by atoms with Crippen molar-refractivity contribution in [1.82, 2.24) is 4.98 Å². The second-order valence-electron chi connectivity index (χ2n) is 5.20. The molecule has 146 valence electrons. The van der Waals surface area contributed by atoms with Gasteiger partial charge in [-0.2, -0.15) is 0 Å². The van der Waals surface area contributed by atoms with E-state index < -0.39 is 46.1 Å². The number of esters is 1. The Morgan fingerprint density at radius 1 is 1.14 bits per heavy atom. The maximum Gasteiger partial charge on any atom is 0.311 e. The summed E-state index contributed by atoms with van der Waals surface area (Å²) in [5, 5.41) is 24.4. The molecule has 0 spiro atoms. The third-order valence-corrected chi connectivity index (χ3v) is 3.74. The lowest BCUT2D eigenvalue weighted by Gasteiger charge is -2.08. The average molecular weight is 429 g/mol. The summed E-state index contributed by atoms with van der Waals surface area (Å²) in [6.07, 6.45) is 0.699. The van der Waals surface area contributed by atoms with E-state index >= 15 is 0 Å². The Kier molecular flexibility index (Phi) is 6.79. The van der Waals surface area contributed by atoms with E-state index in [-0.39, 0.29) is 21.4 Å². The fourth-order valence-electron chi connectivity index (χ4n) is 2.01. The number of amides is 1. The highest BCUT2D eigenvalue weighted by atomic mass is 35.5. The quantitative estimate of drug-likeness (QED) is 0.400. The number of non-ortho nitro benzene ring substituents is 1. The number of hydrogen-bond donors (Lipinski definition) is 1. The van der Waals surface area contributed by atoms with Gasteiger partial charge in [0.25, 0.3) is 17.3 Å². The summed E-state index contributed by atoms with van der Waals surface area (Å²) in [6, 6.07) is 4.19. The number of anilines is 1. The van der Waals surface area contributed by atoms with Gasteiger partial charge in [0.1, 0.15) is 0 Å². The van der Waals surface area contributed by atoms with Gasteiger partial charge in [0.2, 0.25) is 0 Å². The minimum atomic E-state index is -0.942. The number of halogens is 2. The average Bonchev–Trinajstić information content (AvgIpc) is 2.62. The smallest absolute Gasteiger partial charge is 0.311 e. The summed E-state index contributed by atoms with van der Waals surface area (Å²) < 4.78 is 4.75. The SMILES string of the molecule is O=C(COC(=O)Cc1ccc([N+](=O)[O-])cc1[N+](=O)[O-])Nc1ncc(Cl)cc1Cl. The molecule has 0 aliphatic rings. The number of nitrogens with one attached hydrogen (secondary N) is 1. The van der Waals surface area contributed by atoms with Crippen LogP contribution in [0.3, 0.4) is 0 Å². The van der Waals surface area contributed by atoms with Crippen molar-refractivity contribution >= 4 is 52.3 Å². The summed E-state index contributed by atoms with van der Waals surface area (Å²) in [4.78, 5) is 47.6. The van der Waals surface area contributed by atoms with E-state index in [9.17, 15) is 29.8 Å². The zero-order valence-corrected chi connectivity index (χ0v) is 15.3. The summed E-state index contributed by atoms with van der Waals surface area (Å²) in [5.74, 6) is -1.68. The molecule has 28 heavy (non-hydrogen) atoms. The highest BCUT2D eigenvalue weighted by molar-refractivity contribution is 6.36. The lowest BCUT2D eigenvalue weighted by molar-refractivity contribution is -0.394. The minimum Gasteiger partial charge on any atom is -0.455 e. The summed E-state index contributed by atoms with van der Waals surface area (Å²) in [6.45, 7) is -0.694. The Morgan fingerprint density at radius 3 is 2.46 bits per heavy atom. The Balaban J connectivity index is 1.97. The number of hydrogen-bond acceptors (Lipinski definition) is 8. The number of rotatable bonds is 7. The van der Waals surface area contributed by atoms with Crippen LogP contribution in [-0.4, -0.2) is 33.3 Å². The van der Waals surface area contributed by atoms with E-state index in [1.54, 1.807) is 0 Å². The predicted octanol–water partition coefficient (Wildman–Crippen LogP) is 2.93. The van der Waals surface area contributed by atoms with Crippen LogP contribution in [0.4, 0.5) is 17.2 Å². The molecule has 11 nitrogen and oxygen atoms in total. The number of benzene rings is 1. The zero-order chi connectivity index (χ0) is 20.8. The van der Waals surface area contributed by atoms with E-state index in [0.29, 0.717) is 0 Å². The molecule has 2 aromatic rings. The summed E-state index contributed by atoms with van der Waals surface area (Å²) >= 11 is 11.5. The zero-order valence-electron chi connectivity index (χ0n) is 13.8. The van der Waals surface area contributed by atoms with Crippen LogP contribution in [0.2, 0.25) is 10.0 Å². The molecule has 1 N–H and O–H groups in total. The maximum atomic E-state index is 11.9. The Hall–Kier alpha value is -3.31. The van der Waals surface area contributed by atoms with Crippen LogP contribution in [0.25, 0.3) is 0 Å². The topological polar surface area (TPSA) is 155 Å². The molecule has 1 aromatic heterocycles. The highest BCUT2D eigenvalue weighted by Gasteiger charge is 2.22. The van der Waals surface area contributed by atoms with E-state index in [2.05, 4.69) is 10.3 Å². The van der Waals surface area contributed by atoms with Gasteiger partial charge in [-0.15, -0.1) is 0 Å². The molecule has 13 heteroatoms. The number of ether oxygens (including phenoxy) is 1. The molecule has 0 saturated heterocycles. The van der Waals surface area contributed by atoms with Crippen LogP contribution in [-0.2, 0) is 20.7 Å². The van der Waals surface area contributed by atoms with Crippen molar-refractivity contribution < 1.29 is 24.2 Å². The van der Waals surface area contributed by atoms with E-state index in [4.69, 9.17) is 27.9 Å². The molecule has 1 heterocycles. The number of pyridine rings is 1. The van der Waals surface area contributed by atoms with Crippen LogP contribution in [0, 0.1) is 20.2 Å². The molecule has 1 aromatic carbocycles. The molecule has 1 amide bonds. The van der Waals surface area contributed by atoms with Crippen molar-refractivity contribution in [3.8, 4) is 0 Å². The number of nitrogens with zero attached hydrogens (tertiary/aromatic N) is 3. The van der Waals surface area contributed by atoms with E-state index in [1.165, 1.54) is 12.3 Å². The van der Waals surface area contributed by atoms with Gasteiger partial charge in [-0.05, 0) is 12.1 Å². The number of nitro groups is 2. The molecule has 0 aliphatic carbocycles. The monoisotopic (exact) mass is 428 g/mol. The normalized spacial score (nSPS) is 10.2. The van der Waals surface area contributed by atoms with E-state index in [0.717, 1.165) is 18.2 Å². The minimum absolute atomic E-state index is 0.0122. The fraction of sp³-hybridized carbons (Fsp3) is 0.133. The summed E-state index contributed by atoms with van der Waals surface area (Å²) in [7, 11) is 0. The standard InChI is InChI=1S/C15H10Cl2N4O7/c16-9-4-11(17)15(18-6-9)19-13(22)7-28-14(23)3-8-1-2-10(20(24)25)5-12(8)21(26)27/h1-2,4-6H,3,7H2,(H,18,19,22). The molecule has 0 fully saturated rings. The third kappa shape index (κ3) is 5.59. The van der Waals surface area contributed by atoms with Crippen LogP contribution in [0.15, 0.2) is 30.5 Å². The number of nitro benzene ring substituents is 2. The highest BCUT2D eigenvalue weighted by Crippen LogP contribution is 2.25. The first-order valence-corrected chi connectivity index (χ1v) is 8.11. The van der Waals surface area contributed by atoms with Gasteiger partial charge in [-0.25, -0.2) is 4.98 Å². The van der Waals surface area contributed by atoms with E-state index in [1.807, 2.05) is 0 Å². The van der Waals surface area contributed by atoms with Gasteiger partial charge in [0.15, 0.2) is 12.4 Å².